The number of Topliss-reactive ketones (excluding diaryl/α,β-unsaturated/α-hetero) is 1. The molecule has 0 spiro atoms. The van der Waals surface area contributed by atoms with Crippen LogP contribution in [0.5, 0.6) is 5.75 Å². The fourth-order valence-electron chi connectivity index (χ4n) is 1.71. The lowest BCUT2D eigenvalue weighted by Gasteiger charge is -2.05. The minimum absolute atomic E-state index is 0.179. The highest BCUT2D eigenvalue weighted by molar-refractivity contribution is 7.99. The Morgan fingerprint density at radius 3 is 2.47 bits per heavy atom. The van der Waals surface area contributed by atoms with Gasteiger partial charge in [-0.05, 0) is 30.3 Å². The second-order valence-electron chi connectivity index (χ2n) is 4.08. The van der Waals surface area contributed by atoms with E-state index < -0.39 is 0 Å². The van der Waals surface area contributed by atoms with E-state index in [0.717, 1.165) is 21.1 Å². The maximum absolute atomic E-state index is 11.5. The Morgan fingerprint density at radius 1 is 1.11 bits per heavy atom. The first-order chi connectivity index (χ1) is 9.22. The second-order valence-corrected chi connectivity index (χ2v) is 5.23. The Kier molecular flexibility index (Phi) is 4.63. The van der Waals surface area contributed by atoms with Crippen LogP contribution in [0.25, 0.3) is 0 Å². The molecule has 0 bridgehead atoms. The van der Waals surface area contributed by atoms with E-state index in [2.05, 4.69) is 0 Å². The van der Waals surface area contributed by atoms with Crippen LogP contribution in [0.3, 0.4) is 0 Å². The van der Waals surface area contributed by atoms with Crippen molar-refractivity contribution >= 4 is 17.5 Å². The molecule has 0 heterocycles. The van der Waals surface area contributed by atoms with Gasteiger partial charge in [-0.1, -0.05) is 36.9 Å². The minimum atomic E-state index is 0.179. The molecule has 0 atom stereocenters. The van der Waals surface area contributed by atoms with Gasteiger partial charge in [-0.25, -0.2) is 0 Å². The van der Waals surface area contributed by atoms with Gasteiger partial charge in [0, 0.05) is 21.8 Å². The molecule has 0 radical (unpaired) electrons. The summed E-state index contributed by atoms with van der Waals surface area (Å²) in [5.41, 5.74) is 0.775. The van der Waals surface area contributed by atoms with Crippen LogP contribution < -0.4 is 4.74 Å². The molecule has 0 aliphatic heterocycles. The maximum atomic E-state index is 11.5. The van der Waals surface area contributed by atoms with E-state index in [1.165, 1.54) is 0 Å². The summed E-state index contributed by atoms with van der Waals surface area (Å²) in [7, 11) is 1.66. The van der Waals surface area contributed by atoms with Crippen molar-refractivity contribution in [2.75, 3.05) is 7.11 Å². The fourth-order valence-corrected chi connectivity index (χ4v) is 2.58. The van der Waals surface area contributed by atoms with Crippen molar-refractivity contribution in [3.05, 3.63) is 54.1 Å². The smallest absolute Gasteiger partial charge is 0.162 e. The van der Waals surface area contributed by atoms with Crippen molar-refractivity contribution in [2.45, 2.75) is 23.1 Å². The average Bonchev–Trinajstić information content (AvgIpc) is 2.47. The third kappa shape index (κ3) is 3.61. The van der Waals surface area contributed by atoms with E-state index in [4.69, 9.17) is 4.74 Å². The molecule has 2 aromatic rings. The number of rotatable bonds is 5. The highest BCUT2D eigenvalue weighted by Crippen LogP contribution is 2.30. The summed E-state index contributed by atoms with van der Waals surface area (Å²) in [4.78, 5) is 13.8. The van der Waals surface area contributed by atoms with E-state index in [1.54, 1.807) is 18.9 Å². The zero-order valence-electron chi connectivity index (χ0n) is 11.1. The summed E-state index contributed by atoms with van der Waals surface area (Å²) in [5.74, 6) is 1.03. The van der Waals surface area contributed by atoms with Gasteiger partial charge in [0.25, 0.3) is 0 Å². The third-order valence-electron chi connectivity index (χ3n) is 2.77. The van der Waals surface area contributed by atoms with Crippen molar-refractivity contribution in [1.82, 2.24) is 0 Å². The predicted octanol–water partition coefficient (Wildman–Crippen LogP) is 4.44. The van der Waals surface area contributed by atoms with Gasteiger partial charge in [0.1, 0.15) is 5.75 Å². The number of benzene rings is 2. The van der Waals surface area contributed by atoms with E-state index in [1.807, 2.05) is 55.5 Å². The molecule has 2 aromatic carbocycles. The molecule has 2 rings (SSSR count). The van der Waals surface area contributed by atoms with Crippen LogP contribution in [-0.2, 0) is 0 Å². The van der Waals surface area contributed by atoms with E-state index in [0.29, 0.717) is 6.42 Å². The van der Waals surface area contributed by atoms with Crippen LogP contribution >= 0.6 is 11.8 Å². The molecular formula is C16H16O2S. The largest absolute Gasteiger partial charge is 0.497 e. The van der Waals surface area contributed by atoms with E-state index >= 15 is 0 Å². The van der Waals surface area contributed by atoms with Gasteiger partial charge in [-0.15, -0.1) is 0 Å². The zero-order chi connectivity index (χ0) is 13.7. The molecule has 0 N–H and O–H groups in total. The standard InChI is InChI=1S/C16H16O2S/c1-3-16(17)12-7-9-14(10-8-12)19-15-6-4-5-13(11-15)18-2/h4-11H,3H2,1-2H3. The van der Waals surface area contributed by atoms with Gasteiger partial charge in [0.15, 0.2) is 5.78 Å². The van der Waals surface area contributed by atoms with Gasteiger partial charge in [-0.3, -0.25) is 4.79 Å². The Morgan fingerprint density at radius 2 is 1.84 bits per heavy atom. The first-order valence-corrected chi connectivity index (χ1v) is 6.99. The lowest BCUT2D eigenvalue weighted by atomic mass is 10.1. The number of ketones is 1. The zero-order valence-corrected chi connectivity index (χ0v) is 11.9. The van der Waals surface area contributed by atoms with Gasteiger partial charge in [0.2, 0.25) is 0 Å². The van der Waals surface area contributed by atoms with Crippen LogP contribution in [0.1, 0.15) is 23.7 Å². The summed E-state index contributed by atoms with van der Waals surface area (Å²) in [6.07, 6.45) is 0.544. The minimum Gasteiger partial charge on any atom is -0.497 e. The number of methoxy groups -OCH3 is 1. The lowest BCUT2D eigenvalue weighted by molar-refractivity contribution is 0.0988. The van der Waals surface area contributed by atoms with E-state index in [-0.39, 0.29) is 5.78 Å². The first-order valence-electron chi connectivity index (χ1n) is 6.18. The molecule has 19 heavy (non-hydrogen) atoms. The average molecular weight is 272 g/mol. The van der Waals surface area contributed by atoms with Gasteiger partial charge < -0.3 is 4.74 Å². The number of hydrogen-bond acceptors (Lipinski definition) is 3. The topological polar surface area (TPSA) is 26.3 Å². The van der Waals surface area contributed by atoms with Crippen LogP contribution in [0.2, 0.25) is 0 Å². The van der Waals surface area contributed by atoms with Crippen molar-refractivity contribution < 1.29 is 9.53 Å². The van der Waals surface area contributed by atoms with Gasteiger partial charge >= 0.3 is 0 Å². The Labute approximate surface area is 117 Å². The number of carbonyl (C=O) groups is 1. The molecule has 0 saturated carbocycles. The van der Waals surface area contributed by atoms with Crippen molar-refractivity contribution in [3.63, 3.8) is 0 Å². The van der Waals surface area contributed by atoms with Gasteiger partial charge in [0.05, 0.1) is 7.11 Å². The van der Waals surface area contributed by atoms with Crippen molar-refractivity contribution in [2.24, 2.45) is 0 Å². The monoisotopic (exact) mass is 272 g/mol. The lowest BCUT2D eigenvalue weighted by Crippen LogP contribution is -1.95. The highest BCUT2D eigenvalue weighted by Gasteiger charge is 2.03. The number of ether oxygens (including phenoxy) is 1. The maximum Gasteiger partial charge on any atom is 0.162 e. The summed E-state index contributed by atoms with van der Waals surface area (Å²) in [6.45, 7) is 1.88. The molecule has 0 aliphatic carbocycles. The summed E-state index contributed by atoms with van der Waals surface area (Å²) in [6, 6.07) is 15.7. The molecule has 2 nitrogen and oxygen atoms in total. The van der Waals surface area contributed by atoms with Crippen LogP contribution in [0.15, 0.2) is 58.3 Å². The fraction of sp³-hybridized carbons (Fsp3) is 0.188. The molecule has 0 unspecified atom stereocenters. The molecule has 0 fully saturated rings. The van der Waals surface area contributed by atoms with E-state index in [9.17, 15) is 4.79 Å². The van der Waals surface area contributed by atoms with Crippen molar-refractivity contribution in [1.29, 1.82) is 0 Å². The molecule has 0 aromatic heterocycles. The molecule has 98 valence electrons. The first kappa shape index (κ1) is 13.7. The summed E-state index contributed by atoms with van der Waals surface area (Å²) in [5, 5.41) is 0. The normalized spacial score (nSPS) is 10.2. The number of hydrogen-bond donors (Lipinski definition) is 0. The summed E-state index contributed by atoms with van der Waals surface area (Å²) >= 11 is 1.65. The van der Waals surface area contributed by atoms with Crippen LogP contribution in [0, 0.1) is 0 Å². The molecule has 0 amide bonds. The Bertz CT molecular complexity index is 561. The molecule has 0 saturated heterocycles. The molecule has 0 aliphatic rings. The Hall–Kier alpha value is -1.74. The van der Waals surface area contributed by atoms with Crippen molar-refractivity contribution in [3.8, 4) is 5.75 Å². The second kappa shape index (κ2) is 6.43. The third-order valence-corrected chi connectivity index (χ3v) is 3.77. The predicted molar refractivity (Wildman–Crippen MR) is 78.2 cm³/mol. The molecule has 3 heteroatoms. The quantitative estimate of drug-likeness (QED) is 0.753. The highest BCUT2D eigenvalue weighted by atomic mass is 32.2. The van der Waals surface area contributed by atoms with Crippen LogP contribution in [0.4, 0.5) is 0 Å². The van der Waals surface area contributed by atoms with Gasteiger partial charge in [-0.2, -0.15) is 0 Å². The SMILES string of the molecule is CCC(=O)c1ccc(Sc2cccc(OC)c2)cc1. The van der Waals surface area contributed by atoms with Crippen LogP contribution in [-0.4, -0.2) is 12.9 Å². The number of carbonyl (C=O) groups excluding carboxylic acids is 1. The molecular weight excluding hydrogens is 256 g/mol. The summed E-state index contributed by atoms with van der Waals surface area (Å²) < 4.78 is 5.20. The Balaban J connectivity index is 2.12.